The van der Waals surface area contributed by atoms with Crippen LogP contribution in [-0.4, -0.2) is 27.7 Å². The Balaban J connectivity index is 2.28. The molecule has 0 unspecified atom stereocenters. The average molecular weight is 273 g/mol. The molecule has 0 saturated heterocycles. The summed E-state index contributed by atoms with van der Waals surface area (Å²) in [4.78, 5) is 22.3. The minimum absolute atomic E-state index is 0.381. The van der Waals surface area contributed by atoms with Gasteiger partial charge in [0, 0.05) is 19.3 Å². The second-order valence-corrected chi connectivity index (χ2v) is 4.26. The molecule has 0 radical (unpaired) electrons. The first kappa shape index (κ1) is 12.2. The number of benzene rings is 1. The first-order valence-corrected chi connectivity index (χ1v) is 5.82. The minimum Gasteiger partial charge on any atom is -0.493 e. The standard InChI is InChI=1S/C13H11N3O4/c1-15-10-3-9(16-6-8(7-17)5-14-16)4-11(19-2)12(10)20-13(15)18/h3-7H,1-2H3. The van der Waals surface area contributed by atoms with E-state index in [0.29, 0.717) is 34.4 Å². The molecular formula is C13H11N3O4. The number of hydrogen-bond donors (Lipinski definition) is 0. The summed E-state index contributed by atoms with van der Waals surface area (Å²) in [7, 11) is 3.10. The van der Waals surface area contributed by atoms with Crippen molar-refractivity contribution in [2.45, 2.75) is 0 Å². The molecule has 0 aliphatic heterocycles. The number of fused-ring (bicyclic) bond motifs is 1. The van der Waals surface area contributed by atoms with Crippen LogP contribution in [0.2, 0.25) is 0 Å². The molecule has 0 fully saturated rings. The van der Waals surface area contributed by atoms with Gasteiger partial charge in [-0.3, -0.25) is 9.36 Å². The molecular weight excluding hydrogens is 262 g/mol. The summed E-state index contributed by atoms with van der Waals surface area (Å²) in [5.74, 6) is -0.0390. The molecule has 2 heterocycles. The van der Waals surface area contributed by atoms with Gasteiger partial charge in [-0.05, 0) is 6.07 Å². The zero-order chi connectivity index (χ0) is 14.3. The Labute approximate surface area is 113 Å². The van der Waals surface area contributed by atoms with Crippen molar-refractivity contribution in [2.75, 3.05) is 7.11 Å². The molecule has 2 aromatic heterocycles. The summed E-state index contributed by atoms with van der Waals surface area (Å²) in [6.07, 6.45) is 3.76. The van der Waals surface area contributed by atoms with E-state index in [1.54, 1.807) is 25.4 Å². The Hall–Kier alpha value is -2.83. The van der Waals surface area contributed by atoms with Crippen molar-refractivity contribution in [1.29, 1.82) is 0 Å². The monoisotopic (exact) mass is 273 g/mol. The fourth-order valence-corrected chi connectivity index (χ4v) is 2.00. The summed E-state index contributed by atoms with van der Waals surface area (Å²) in [5, 5.41) is 4.09. The number of aromatic nitrogens is 3. The van der Waals surface area contributed by atoms with Gasteiger partial charge in [0.05, 0.1) is 30.1 Å². The van der Waals surface area contributed by atoms with Gasteiger partial charge in [-0.2, -0.15) is 5.10 Å². The summed E-state index contributed by atoms with van der Waals surface area (Å²) < 4.78 is 13.3. The van der Waals surface area contributed by atoms with E-state index < -0.39 is 5.76 Å². The molecule has 7 nitrogen and oxygen atoms in total. The van der Waals surface area contributed by atoms with Crippen LogP contribution in [0, 0.1) is 0 Å². The smallest absolute Gasteiger partial charge is 0.419 e. The summed E-state index contributed by atoms with van der Waals surface area (Å²) in [5.41, 5.74) is 2.10. The van der Waals surface area contributed by atoms with Gasteiger partial charge in [-0.25, -0.2) is 9.48 Å². The first-order valence-electron chi connectivity index (χ1n) is 5.82. The SMILES string of the molecule is COc1cc(-n2cc(C=O)cn2)cc2c1oc(=O)n2C. The molecule has 0 saturated carbocycles. The number of ether oxygens (including phenoxy) is 1. The second-order valence-electron chi connectivity index (χ2n) is 4.26. The Morgan fingerprint density at radius 3 is 2.85 bits per heavy atom. The van der Waals surface area contributed by atoms with Crippen LogP contribution in [0.5, 0.6) is 5.75 Å². The molecule has 1 aromatic carbocycles. The molecule has 0 aliphatic rings. The van der Waals surface area contributed by atoms with Crippen LogP contribution in [0.25, 0.3) is 16.8 Å². The van der Waals surface area contributed by atoms with E-state index in [9.17, 15) is 9.59 Å². The first-order chi connectivity index (χ1) is 9.63. The fraction of sp³-hybridized carbons (Fsp3) is 0.154. The number of aldehydes is 1. The molecule has 102 valence electrons. The van der Waals surface area contributed by atoms with Gasteiger partial charge in [0.2, 0.25) is 0 Å². The maximum absolute atomic E-state index is 11.6. The van der Waals surface area contributed by atoms with Gasteiger partial charge < -0.3 is 9.15 Å². The number of methoxy groups -OCH3 is 1. The molecule has 0 N–H and O–H groups in total. The molecule has 7 heteroatoms. The highest BCUT2D eigenvalue weighted by atomic mass is 16.5. The number of nitrogens with zero attached hydrogens (tertiary/aromatic N) is 3. The zero-order valence-corrected chi connectivity index (χ0v) is 10.9. The molecule has 20 heavy (non-hydrogen) atoms. The lowest BCUT2D eigenvalue weighted by Gasteiger charge is -2.05. The Kier molecular flexibility index (Phi) is 2.67. The maximum atomic E-state index is 11.6. The molecule has 3 aromatic rings. The third-order valence-corrected chi connectivity index (χ3v) is 3.07. The number of carbonyl (C=O) groups is 1. The quantitative estimate of drug-likeness (QED) is 0.668. The van der Waals surface area contributed by atoms with Crippen molar-refractivity contribution in [3.05, 3.63) is 40.6 Å². The predicted octanol–water partition coefficient (Wildman–Crippen LogP) is 1.14. The van der Waals surface area contributed by atoms with Gasteiger partial charge in [-0.1, -0.05) is 0 Å². The van der Waals surface area contributed by atoms with Crippen molar-refractivity contribution in [3.63, 3.8) is 0 Å². The molecule has 0 aliphatic carbocycles. The summed E-state index contributed by atoms with van der Waals surface area (Å²) in [6, 6.07) is 3.43. The van der Waals surface area contributed by atoms with E-state index in [2.05, 4.69) is 5.10 Å². The Morgan fingerprint density at radius 1 is 1.40 bits per heavy atom. The van der Waals surface area contributed by atoms with Crippen molar-refractivity contribution in [3.8, 4) is 11.4 Å². The molecule has 0 amide bonds. The number of carbonyl (C=O) groups excluding carboxylic acids is 1. The van der Waals surface area contributed by atoms with Crippen LogP contribution in [0.3, 0.4) is 0 Å². The fourth-order valence-electron chi connectivity index (χ4n) is 2.00. The summed E-state index contributed by atoms with van der Waals surface area (Å²) in [6.45, 7) is 0. The van der Waals surface area contributed by atoms with Gasteiger partial charge in [0.15, 0.2) is 17.6 Å². The van der Waals surface area contributed by atoms with E-state index in [4.69, 9.17) is 9.15 Å². The second kappa shape index (κ2) is 4.37. The summed E-state index contributed by atoms with van der Waals surface area (Å²) >= 11 is 0. The van der Waals surface area contributed by atoms with E-state index in [0.717, 1.165) is 0 Å². The Bertz CT molecular complexity index is 856. The lowest BCUT2D eigenvalue weighted by atomic mass is 10.2. The van der Waals surface area contributed by atoms with Crippen molar-refractivity contribution in [2.24, 2.45) is 7.05 Å². The third-order valence-electron chi connectivity index (χ3n) is 3.07. The molecule has 0 atom stereocenters. The predicted molar refractivity (Wildman–Crippen MR) is 70.5 cm³/mol. The Morgan fingerprint density at radius 2 is 2.20 bits per heavy atom. The highest BCUT2D eigenvalue weighted by molar-refractivity contribution is 5.82. The van der Waals surface area contributed by atoms with Gasteiger partial charge >= 0.3 is 5.76 Å². The molecule has 0 bridgehead atoms. The molecule has 0 spiro atoms. The normalized spacial score (nSPS) is 10.9. The van der Waals surface area contributed by atoms with Crippen LogP contribution in [0.1, 0.15) is 10.4 Å². The highest BCUT2D eigenvalue weighted by Gasteiger charge is 2.14. The number of aryl methyl sites for hydroxylation is 1. The minimum atomic E-state index is -0.468. The van der Waals surface area contributed by atoms with Crippen molar-refractivity contribution < 1.29 is 13.9 Å². The van der Waals surface area contributed by atoms with Crippen LogP contribution in [-0.2, 0) is 7.05 Å². The van der Waals surface area contributed by atoms with Gasteiger partial charge in [0.1, 0.15) is 0 Å². The number of rotatable bonds is 3. The highest BCUT2D eigenvalue weighted by Crippen LogP contribution is 2.28. The van der Waals surface area contributed by atoms with Crippen LogP contribution in [0.15, 0.2) is 33.7 Å². The van der Waals surface area contributed by atoms with E-state index in [1.807, 2.05) is 0 Å². The van der Waals surface area contributed by atoms with E-state index in [-0.39, 0.29) is 0 Å². The lowest BCUT2D eigenvalue weighted by molar-refractivity contribution is 0.112. The van der Waals surface area contributed by atoms with Crippen LogP contribution >= 0.6 is 0 Å². The molecule has 3 rings (SSSR count). The zero-order valence-electron chi connectivity index (χ0n) is 10.9. The van der Waals surface area contributed by atoms with Crippen molar-refractivity contribution >= 4 is 17.4 Å². The number of hydrogen-bond acceptors (Lipinski definition) is 5. The lowest BCUT2D eigenvalue weighted by Crippen LogP contribution is -2.08. The van der Waals surface area contributed by atoms with Crippen LogP contribution in [0.4, 0.5) is 0 Å². The third kappa shape index (κ3) is 1.71. The largest absolute Gasteiger partial charge is 0.493 e. The maximum Gasteiger partial charge on any atom is 0.419 e. The van der Waals surface area contributed by atoms with Crippen molar-refractivity contribution in [1.82, 2.24) is 14.3 Å². The topological polar surface area (TPSA) is 79.3 Å². The van der Waals surface area contributed by atoms with Gasteiger partial charge in [-0.15, -0.1) is 0 Å². The average Bonchev–Trinajstić information content (AvgIpc) is 3.04. The van der Waals surface area contributed by atoms with E-state index in [1.165, 1.54) is 22.6 Å². The van der Waals surface area contributed by atoms with E-state index >= 15 is 0 Å². The van der Waals surface area contributed by atoms with Gasteiger partial charge in [0.25, 0.3) is 0 Å². The number of oxazole rings is 1. The van der Waals surface area contributed by atoms with Crippen LogP contribution < -0.4 is 10.5 Å².